The summed E-state index contributed by atoms with van der Waals surface area (Å²) in [6.07, 6.45) is 3.85. The van der Waals surface area contributed by atoms with Gasteiger partial charge in [0, 0.05) is 43.7 Å². The zero-order valence-electron chi connectivity index (χ0n) is 29.8. The fourth-order valence-corrected chi connectivity index (χ4v) is 7.72. The first-order valence-corrected chi connectivity index (χ1v) is 20.4. The molecule has 302 valence electrons. The van der Waals surface area contributed by atoms with Gasteiger partial charge in [-0.3, -0.25) is 18.8 Å². The summed E-state index contributed by atoms with van der Waals surface area (Å²) in [5, 5.41) is 11.3. The van der Waals surface area contributed by atoms with Crippen LogP contribution in [0.25, 0.3) is 0 Å². The summed E-state index contributed by atoms with van der Waals surface area (Å²) in [6, 6.07) is 8.44. The molecule has 0 bridgehead atoms. The van der Waals surface area contributed by atoms with Crippen LogP contribution >= 0.6 is 47.4 Å². The number of halogens is 5. The Morgan fingerprint density at radius 2 is 1.75 bits per heavy atom. The van der Waals surface area contributed by atoms with Crippen molar-refractivity contribution in [3.8, 4) is 17.2 Å². The number of pyridine rings is 1. The van der Waals surface area contributed by atoms with E-state index in [1.165, 1.54) is 47.8 Å². The molecular weight excluding hydrogens is 831 g/mol. The van der Waals surface area contributed by atoms with Crippen molar-refractivity contribution < 1.29 is 55.2 Å². The number of nitrogens with zero attached hydrogens (tertiary/aromatic N) is 3. The number of hydrogen-bond donors (Lipinski definition) is 0. The first-order chi connectivity index (χ1) is 25.7. The maximum Gasteiger partial charge on any atom is 0.387 e. The van der Waals surface area contributed by atoms with Crippen LogP contribution in [-0.2, 0) is 30.7 Å². The topological polar surface area (TPSA) is 148 Å². The summed E-state index contributed by atoms with van der Waals surface area (Å²) in [5.74, 6) is -0.973. The van der Waals surface area contributed by atoms with Gasteiger partial charge in [-0.2, -0.15) is 13.5 Å². The van der Waals surface area contributed by atoms with E-state index in [2.05, 4.69) is 9.64 Å². The van der Waals surface area contributed by atoms with Crippen LogP contribution < -0.4 is 23.2 Å². The van der Waals surface area contributed by atoms with Crippen LogP contribution in [0.2, 0.25) is 10.0 Å². The number of anilines is 1. The van der Waals surface area contributed by atoms with Crippen LogP contribution in [0.4, 0.5) is 14.5 Å². The van der Waals surface area contributed by atoms with E-state index in [4.69, 9.17) is 42.1 Å². The van der Waals surface area contributed by atoms with E-state index in [0.29, 0.717) is 54.9 Å². The molecule has 1 saturated carbocycles. The molecule has 2 fully saturated rings. The molecule has 55 heavy (non-hydrogen) atoms. The smallest absolute Gasteiger partial charge is 0.387 e. The molecule has 0 amide bonds. The van der Waals surface area contributed by atoms with Crippen LogP contribution in [0.1, 0.15) is 40.4 Å². The standard InChI is InChI=1S/C35H39Cl2F2N3O10S2.ClH/c1-48-29-7-6-24(15-28(29)42(54(2,46)47)10-9-40-11-13-49-14-12-40)34(44)53-21-33(43)51-31(17-25-26(36)18-41(45)19-27(25)37)23-5-8-30(52-35(38)39)32(16-23)50-20-22-3-4-22;/h5-8,15-16,18-19,22,31,35H,3-4,9-14,17,20-21H2,1-2H3;1H. The SMILES string of the molecule is COc1ccc(C(=O)SCC(=O)OC(Cc2c(Cl)c[n+]([O-])cc2Cl)c2ccc(OC(F)F)c(OCC3CC3)c2)cc1N(CCN1CCOCC1)S(C)(=O)=O.Cl. The lowest BCUT2D eigenvalue weighted by Gasteiger charge is -2.30. The third-order valence-electron chi connectivity index (χ3n) is 8.58. The maximum atomic E-state index is 13.4. The molecule has 2 aromatic carbocycles. The molecule has 5 rings (SSSR count). The first kappa shape index (κ1) is 44.4. The van der Waals surface area contributed by atoms with Crippen molar-refractivity contribution in [2.45, 2.75) is 32.0 Å². The second-order valence-electron chi connectivity index (χ2n) is 12.6. The number of aromatic nitrogens is 1. The highest BCUT2D eigenvalue weighted by Gasteiger charge is 2.28. The number of ether oxygens (including phenoxy) is 5. The third-order valence-corrected chi connectivity index (χ3v) is 11.3. The Kier molecular flexibility index (Phi) is 16.3. The van der Waals surface area contributed by atoms with E-state index in [-0.39, 0.29) is 82.0 Å². The number of rotatable bonds is 18. The monoisotopic (exact) mass is 869 g/mol. The zero-order valence-corrected chi connectivity index (χ0v) is 33.8. The van der Waals surface area contributed by atoms with E-state index in [1.807, 2.05) is 0 Å². The van der Waals surface area contributed by atoms with E-state index >= 15 is 0 Å². The molecule has 0 spiro atoms. The Morgan fingerprint density at radius 3 is 2.36 bits per heavy atom. The van der Waals surface area contributed by atoms with Crippen LogP contribution in [-0.4, -0.2) is 96.1 Å². The fraction of sp³-hybridized carbons (Fsp3) is 0.457. The number of thioether (sulfide) groups is 1. The van der Waals surface area contributed by atoms with Gasteiger partial charge < -0.3 is 28.9 Å². The van der Waals surface area contributed by atoms with E-state index in [0.717, 1.165) is 31.5 Å². The summed E-state index contributed by atoms with van der Waals surface area (Å²) in [4.78, 5) is 28.8. The molecule has 1 aliphatic heterocycles. The van der Waals surface area contributed by atoms with Gasteiger partial charge in [0.25, 0.3) is 0 Å². The maximum absolute atomic E-state index is 13.4. The van der Waals surface area contributed by atoms with E-state index in [1.54, 1.807) is 0 Å². The number of hydrogen-bond acceptors (Lipinski definition) is 12. The number of sulfonamides is 1. The van der Waals surface area contributed by atoms with Gasteiger partial charge in [0.15, 0.2) is 23.9 Å². The van der Waals surface area contributed by atoms with Gasteiger partial charge in [-0.25, -0.2) is 8.42 Å². The van der Waals surface area contributed by atoms with E-state index < -0.39 is 39.6 Å². The number of alkyl halides is 2. The molecule has 20 heteroatoms. The second kappa shape index (κ2) is 20.2. The Bertz CT molecular complexity index is 1900. The molecular formula is C35H40Cl3F2N3O10S2. The molecule has 1 aliphatic carbocycles. The molecule has 0 radical (unpaired) electrons. The number of carbonyl (C=O) groups is 2. The fourth-order valence-electron chi connectivity index (χ4n) is 5.60. The Hall–Kier alpha value is -3.32. The molecule has 3 aromatic rings. The minimum absolute atomic E-state index is 0. The highest BCUT2D eigenvalue weighted by Crippen LogP contribution is 2.38. The van der Waals surface area contributed by atoms with Crippen molar-refractivity contribution in [1.82, 2.24) is 4.90 Å². The van der Waals surface area contributed by atoms with Crippen molar-refractivity contribution in [2.24, 2.45) is 5.92 Å². The summed E-state index contributed by atoms with van der Waals surface area (Å²) in [6.45, 7) is 0.0664. The van der Waals surface area contributed by atoms with Crippen LogP contribution in [0.5, 0.6) is 17.2 Å². The molecule has 2 aliphatic rings. The predicted octanol–water partition coefficient (Wildman–Crippen LogP) is 5.95. The predicted molar refractivity (Wildman–Crippen MR) is 206 cm³/mol. The van der Waals surface area contributed by atoms with Gasteiger partial charge in [-0.1, -0.05) is 41.0 Å². The quantitative estimate of drug-likeness (QED) is 0.0846. The second-order valence-corrected chi connectivity index (χ2v) is 16.2. The van der Waals surface area contributed by atoms with Crippen molar-refractivity contribution >= 4 is 74.2 Å². The number of morpholine rings is 1. The van der Waals surface area contributed by atoms with Gasteiger partial charge in [0.2, 0.25) is 15.1 Å². The van der Waals surface area contributed by atoms with Gasteiger partial charge in [0.1, 0.15) is 21.9 Å². The average molecular weight is 871 g/mol. The number of carbonyl (C=O) groups excluding carboxylic acids is 2. The highest BCUT2D eigenvalue weighted by molar-refractivity contribution is 8.14. The normalized spacial score (nSPS) is 15.2. The average Bonchev–Trinajstić information content (AvgIpc) is 3.95. The zero-order chi connectivity index (χ0) is 39.0. The van der Waals surface area contributed by atoms with Gasteiger partial charge in [-0.05, 0) is 54.7 Å². The molecule has 1 saturated heterocycles. The minimum Gasteiger partial charge on any atom is -0.619 e. The molecule has 1 unspecified atom stereocenters. The summed E-state index contributed by atoms with van der Waals surface area (Å²) < 4.78 is 81.0. The molecule has 0 N–H and O–H groups in total. The third kappa shape index (κ3) is 12.8. The largest absolute Gasteiger partial charge is 0.619 e. The van der Waals surface area contributed by atoms with Crippen molar-refractivity contribution in [1.29, 1.82) is 0 Å². The van der Waals surface area contributed by atoms with Crippen LogP contribution in [0.3, 0.4) is 0 Å². The Labute approximate surface area is 338 Å². The summed E-state index contributed by atoms with van der Waals surface area (Å²) in [7, 11) is -2.41. The van der Waals surface area contributed by atoms with Crippen molar-refractivity contribution in [3.05, 3.63) is 80.7 Å². The van der Waals surface area contributed by atoms with Gasteiger partial charge >= 0.3 is 12.6 Å². The first-order valence-electron chi connectivity index (χ1n) is 16.8. The number of methoxy groups -OCH3 is 1. The highest BCUT2D eigenvalue weighted by atomic mass is 35.5. The summed E-state index contributed by atoms with van der Waals surface area (Å²) in [5.41, 5.74) is 0.865. The minimum atomic E-state index is -3.80. The van der Waals surface area contributed by atoms with E-state index in [9.17, 15) is 32.0 Å². The molecule has 13 nitrogen and oxygen atoms in total. The molecule has 1 atom stereocenters. The van der Waals surface area contributed by atoms with Gasteiger partial charge in [0.05, 0.1) is 44.6 Å². The molecule has 2 heterocycles. The Balaban J connectivity index is 0.00000673. The summed E-state index contributed by atoms with van der Waals surface area (Å²) >= 11 is 13.3. The van der Waals surface area contributed by atoms with Gasteiger partial charge in [-0.15, -0.1) is 12.4 Å². The van der Waals surface area contributed by atoms with Crippen molar-refractivity contribution in [2.75, 3.05) is 69.4 Å². The molecule has 1 aromatic heterocycles. The Morgan fingerprint density at radius 1 is 1.07 bits per heavy atom. The lowest BCUT2D eigenvalue weighted by Crippen LogP contribution is -2.43. The lowest BCUT2D eigenvalue weighted by molar-refractivity contribution is -0.605. The van der Waals surface area contributed by atoms with Crippen molar-refractivity contribution in [3.63, 3.8) is 0 Å². The lowest BCUT2D eigenvalue weighted by atomic mass is 10.0. The number of esters is 1. The van der Waals surface area contributed by atoms with Crippen LogP contribution in [0.15, 0.2) is 48.8 Å². The van der Waals surface area contributed by atoms with Crippen LogP contribution in [0, 0.1) is 11.1 Å². The number of benzene rings is 2.